The minimum atomic E-state index is -0.732. The number of fused-ring (bicyclic) bond motifs is 1. The highest BCUT2D eigenvalue weighted by atomic mass is 32.1. The normalized spacial score (nSPS) is 15.0. The van der Waals surface area contributed by atoms with Crippen LogP contribution >= 0.6 is 11.3 Å². The predicted molar refractivity (Wildman–Crippen MR) is 126 cm³/mol. The van der Waals surface area contributed by atoms with E-state index in [9.17, 15) is 4.79 Å². The fraction of sp³-hybridized carbons (Fsp3) is 0.360. The van der Waals surface area contributed by atoms with Crippen molar-refractivity contribution in [3.63, 3.8) is 0 Å². The highest BCUT2D eigenvalue weighted by Crippen LogP contribution is 2.37. The largest absolute Gasteiger partial charge is 0.493 e. The lowest BCUT2D eigenvalue weighted by Crippen LogP contribution is -2.07. The van der Waals surface area contributed by atoms with E-state index in [1.807, 2.05) is 26.2 Å². The van der Waals surface area contributed by atoms with Crippen LogP contribution in [0.5, 0.6) is 5.75 Å². The Balaban J connectivity index is 1.37. The lowest BCUT2D eigenvalue weighted by molar-refractivity contribution is -0.137. The topological polar surface area (TPSA) is 62.7 Å². The first-order valence-corrected chi connectivity index (χ1v) is 11.4. The fourth-order valence-electron chi connectivity index (χ4n) is 4.15. The molecular weight excluding hydrogens is 408 g/mol. The number of ether oxygens (including phenoxy) is 1. The summed E-state index contributed by atoms with van der Waals surface area (Å²) in [5.74, 6) is 0.247. The van der Waals surface area contributed by atoms with Crippen molar-refractivity contribution in [1.82, 2.24) is 4.98 Å². The smallest absolute Gasteiger partial charge is 0.303 e. The molecule has 4 rings (SSSR count). The molecule has 1 unspecified atom stereocenters. The van der Waals surface area contributed by atoms with Crippen molar-refractivity contribution in [3.05, 3.63) is 64.2 Å². The number of thiazole rings is 1. The maximum absolute atomic E-state index is 11.0. The first-order chi connectivity index (χ1) is 14.9. The van der Waals surface area contributed by atoms with E-state index in [1.54, 1.807) is 11.3 Å². The molecule has 5 nitrogen and oxygen atoms in total. The third kappa shape index (κ3) is 4.90. The van der Waals surface area contributed by atoms with Crippen molar-refractivity contribution in [2.45, 2.75) is 38.5 Å². The average Bonchev–Trinajstić information content (AvgIpc) is 3.31. The monoisotopic (exact) mass is 436 g/mol. The van der Waals surface area contributed by atoms with Gasteiger partial charge in [0.1, 0.15) is 10.8 Å². The molecule has 1 N–H and O–H groups in total. The fourth-order valence-corrected chi connectivity index (χ4v) is 5.11. The van der Waals surface area contributed by atoms with Gasteiger partial charge in [-0.1, -0.05) is 6.07 Å². The number of carboxylic acids is 1. The molecule has 0 aliphatic heterocycles. The van der Waals surface area contributed by atoms with E-state index in [4.69, 9.17) is 14.8 Å². The Morgan fingerprint density at radius 3 is 2.71 bits per heavy atom. The highest BCUT2D eigenvalue weighted by molar-refractivity contribution is 7.15. The zero-order valence-electron chi connectivity index (χ0n) is 18.2. The molecule has 1 aromatic heterocycles. The molecule has 31 heavy (non-hydrogen) atoms. The van der Waals surface area contributed by atoms with Gasteiger partial charge < -0.3 is 14.7 Å². The van der Waals surface area contributed by atoms with Gasteiger partial charge in [-0.2, -0.15) is 0 Å². The molecule has 162 valence electrons. The number of aromatic nitrogens is 1. The third-order valence-corrected chi connectivity index (χ3v) is 6.93. The molecular formula is C25H28N2O3S. The average molecular weight is 437 g/mol. The zero-order chi connectivity index (χ0) is 22.0. The van der Waals surface area contributed by atoms with Gasteiger partial charge in [0.15, 0.2) is 0 Å². The Hall–Kier alpha value is -2.86. The van der Waals surface area contributed by atoms with Crippen molar-refractivity contribution >= 4 is 23.0 Å². The number of anilines is 1. The lowest BCUT2D eigenvalue weighted by Gasteiger charge is -2.12. The van der Waals surface area contributed by atoms with Crippen molar-refractivity contribution < 1.29 is 14.6 Å². The molecule has 0 bridgehead atoms. The number of rotatable bonds is 8. The maximum atomic E-state index is 11.0. The minimum Gasteiger partial charge on any atom is -0.493 e. The van der Waals surface area contributed by atoms with Crippen LogP contribution in [0.15, 0.2) is 42.5 Å². The minimum absolute atomic E-state index is 0.129. The second-order valence-corrected chi connectivity index (χ2v) is 9.46. The summed E-state index contributed by atoms with van der Waals surface area (Å²) in [5.41, 5.74) is 5.78. The molecule has 1 aliphatic rings. The second-order valence-electron chi connectivity index (χ2n) is 8.26. The maximum Gasteiger partial charge on any atom is 0.303 e. The summed E-state index contributed by atoms with van der Waals surface area (Å²) >= 11 is 1.72. The predicted octanol–water partition coefficient (Wildman–Crippen LogP) is 5.31. The van der Waals surface area contributed by atoms with Gasteiger partial charge in [0.2, 0.25) is 0 Å². The Kier molecular flexibility index (Phi) is 6.28. The summed E-state index contributed by atoms with van der Waals surface area (Å²) in [6.45, 7) is 2.68. The van der Waals surface area contributed by atoms with Crippen molar-refractivity contribution in [2.75, 3.05) is 25.6 Å². The van der Waals surface area contributed by atoms with Gasteiger partial charge in [-0.15, -0.1) is 11.3 Å². The van der Waals surface area contributed by atoms with E-state index in [-0.39, 0.29) is 12.3 Å². The Bertz CT molecular complexity index is 1070. The number of hydrogen-bond acceptors (Lipinski definition) is 5. The Morgan fingerprint density at radius 1 is 1.23 bits per heavy atom. The zero-order valence-corrected chi connectivity index (χ0v) is 19.0. The van der Waals surface area contributed by atoms with E-state index >= 15 is 0 Å². The van der Waals surface area contributed by atoms with E-state index in [0.29, 0.717) is 6.61 Å². The summed E-state index contributed by atoms with van der Waals surface area (Å²) in [4.78, 5) is 19.2. The number of hydrogen-bond donors (Lipinski definition) is 1. The standard InChI is InChI=1S/C25H28N2O3S/c1-16-23(26-25(31-16)17-6-8-20(9-7-17)27(2)3)12-13-30-21-10-11-22-18(14-21)4-5-19(22)15-24(28)29/h6-11,14,19H,4-5,12-13,15H2,1-3H3,(H,28,29). The van der Waals surface area contributed by atoms with Gasteiger partial charge in [0.25, 0.3) is 0 Å². The van der Waals surface area contributed by atoms with E-state index in [2.05, 4.69) is 42.2 Å². The second kappa shape index (κ2) is 9.10. The molecule has 0 radical (unpaired) electrons. The molecule has 0 saturated heterocycles. The number of benzene rings is 2. The molecule has 2 aromatic carbocycles. The van der Waals surface area contributed by atoms with Crippen LogP contribution in [0.3, 0.4) is 0 Å². The molecule has 0 saturated carbocycles. The number of carboxylic acid groups (broad SMARTS) is 1. The quantitative estimate of drug-likeness (QED) is 0.518. The molecule has 0 spiro atoms. The van der Waals surface area contributed by atoms with E-state index < -0.39 is 5.97 Å². The van der Waals surface area contributed by atoms with Crippen LogP contribution in [0, 0.1) is 6.92 Å². The highest BCUT2D eigenvalue weighted by Gasteiger charge is 2.24. The van der Waals surface area contributed by atoms with Crippen LogP contribution in [-0.2, 0) is 17.6 Å². The molecule has 6 heteroatoms. The van der Waals surface area contributed by atoms with Gasteiger partial charge in [-0.25, -0.2) is 4.98 Å². The third-order valence-electron chi connectivity index (χ3n) is 5.87. The summed E-state index contributed by atoms with van der Waals surface area (Å²) in [6.07, 6.45) is 2.79. The van der Waals surface area contributed by atoms with E-state index in [1.165, 1.54) is 16.1 Å². The molecule has 0 fully saturated rings. The van der Waals surface area contributed by atoms with E-state index in [0.717, 1.165) is 46.8 Å². The van der Waals surface area contributed by atoms with Gasteiger partial charge in [-0.05, 0) is 73.2 Å². The summed E-state index contributed by atoms with van der Waals surface area (Å²) < 4.78 is 6.01. The van der Waals surface area contributed by atoms with Gasteiger partial charge >= 0.3 is 5.97 Å². The Morgan fingerprint density at radius 2 is 2.00 bits per heavy atom. The van der Waals surface area contributed by atoms with Crippen molar-refractivity contribution in [3.8, 4) is 16.3 Å². The summed E-state index contributed by atoms with van der Waals surface area (Å²) in [7, 11) is 4.08. The first-order valence-electron chi connectivity index (χ1n) is 10.6. The van der Waals surface area contributed by atoms with Crippen LogP contribution in [-0.4, -0.2) is 36.8 Å². The molecule has 1 aliphatic carbocycles. The molecule has 1 atom stereocenters. The van der Waals surface area contributed by atoms with Gasteiger partial charge in [0, 0.05) is 36.6 Å². The lowest BCUT2D eigenvalue weighted by atomic mass is 9.98. The first kappa shape index (κ1) is 21.4. The number of nitrogens with zero attached hydrogens (tertiary/aromatic N) is 2. The van der Waals surface area contributed by atoms with Gasteiger partial charge in [0.05, 0.1) is 18.7 Å². The molecule has 1 heterocycles. The van der Waals surface area contributed by atoms with Crippen LogP contribution in [0.4, 0.5) is 5.69 Å². The number of carbonyl (C=O) groups is 1. The molecule has 0 amide bonds. The van der Waals surface area contributed by atoms with Gasteiger partial charge in [-0.3, -0.25) is 4.79 Å². The molecule has 3 aromatic rings. The van der Waals surface area contributed by atoms with Crippen LogP contribution in [0.25, 0.3) is 10.6 Å². The number of aliphatic carboxylic acids is 1. The Labute approximate surface area is 187 Å². The SMILES string of the molecule is Cc1sc(-c2ccc(N(C)C)cc2)nc1CCOc1ccc2c(c1)CCC2CC(=O)O. The van der Waals surface area contributed by atoms with Crippen molar-refractivity contribution in [2.24, 2.45) is 0 Å². The van der Waals surface area contributed by atoms with Crippen molar-refractivity contribution in [1.29, 1.82) is 0 Å². The summed E-state index contributed by atoms with van der Waals surface area (Å²) in [5, 5.41) is 10.1. The van der Waals surface area contributed by atoms with Crippen LogP contribution in [0.1, 0.15) is 40.5 Å². The van der Waals surface area contributed by atoms with Crippen LogP contribution in [0.2, 0.25) is 0 Å². The van der Waals surface area contributed by atoms with Crippen LogP contribution < -0.4 is 9.64 Å². The summed E-state index contributed by atoms with van der Waals surface area (Å²) in [6, 6.07) is 14.5. The number of aryl methyl sites for hydroxylation is 2.